The second-order valence-electron chi connectivity index (χ2n) is 6.24. The highest BCUT2D eigenvalue weighted by atomic mass is 16.6. The molecule has 1 aliphatic heterocycles. The Hall–Kier alpha value is -1.14. The van der Waals surface area contributed by atoms with Gasteiger partial charge in [-0.05, 0) is 34.6 Å². The lowest BCUT2D eigenvalue weighted by atomic mass is 10.1. The molecule has 0 saturated carbocycles. The van der Waals surface area contributed by atoms with Crippen LogP contribution in [0.2, 0.25) is 0 Å². The summed E-state index contributed by atoms with van der Waals surface area (Å²) in [6.07, 6.45) is 0.466. The molecule has 0 bridgehead atoms. The van der Waals surface area contributed by atoms with Gasteiger partial charge in [0, 0.05) is 12.5 Å². The summed E-state index contributed by atoms with van der Waals surface area (Å²) in [6, 6.07) is -0.804. The fourth-order valence-corrected chi connectivity index (χ4v) is 2.08. The van der Waals surface area contributed by atoms with E-state index in [0.717, 1.165) is 6.29 Å². The maximum absolute atomic E-state index is 12.3. The van der Waals surface area contributed by atoms with E-state index in [1.807, 2.05) is 0 Å². The molecule has 0 radical (unpaired) electrons. The Bertz CT molecular complexity index is 349. The van der Waals surface area contributed by atoms with Gasteiger partial charge >= 0.3 is 6.09 Å². The van der Waals surface area contributed by atoms with E-state index in [9.17, 15) is 9.59 Å². The number of carbonyl (C=O) groups excluding carboxylic acids is 2. The Balaban J connectivity index is 2.89. The fraction of sp³-hybridized carbons (Fsp3) is 0.846. The van der Waals surface area contributed by atoms with Crippen LogP contribution in [0.1, 0.15) is 41.0 Å². The third-order valence-corrected chi connectivity index (χ3v) is 2.97. The van der Waals surface area contributed by atoms with Gasteiger partial charge in [-0.1, -0.05) is 0 Å². The molecule has 2 N–H and O–H groups in total. The quantitative estimate of drug-likeness (QED) is 0.782. The maximum atomic E-state index is 12.3. The van der Waals surface area contributed by atoms with Gasteiger partial charge in [0.15, 0.2) is 0 Å². The zero-order chi connectivity index (χ0) is 14.8. The van der Waals surface area contributed by atoms with E-state index in [4.69, 9.17) is 15.2 Å². The smallest absolute Gasteiger partial charge is 0.412 e. The second kappa shape index (κ2) is 5.46. The standard InChI is InChI=1S/C13H24N2O4/c1-12(2,3)19-11(17)15-10(9(14)6-7-16)8-18-13(15,4)5/h7,9-10H,6,8,14H2,1-5H3/t9?,10-/m1/s1. The van der Waals surface area contributed by atoms with E-state index in [-0.39, 0.29) is 12.5 Å². The predicted octanol–water partition coefficient (Wildman–Crippen LogP) is 1.27. The van der Waals surface area contributed by atoms with Crippen molar-refractivity contribution >= 4 is 12.4 Å². The molecule has 6 nitrogen and oxygen atoms in total. The monoisotopic (exact) mass is 272 g/mol. The molecule has 19 heavy (non-hydrogen) atoms. The molecule has 1 aliphatic rings. The van der Waals surface area contributed by atoms with Crippen LogP contribution in [0.25, 0.3) is 0 Å². The average molecular weight is 272 g/mol. The summed E-state index contributed by atoms with van der Waals surface area (Å²) in [5.74, 6) is 0. The topological polar surface area (TPSA) is 81.9 Å². The first-order chi connectivity index (χ1) is 8.58. The van der Waals surface area contributed by atoms with E-state index in [1.54, 1.807) is 34.6 Å². The Kier molecular flexibility index (Phi) is 4.58. The van der Waals surface area contributed by atoms with E-state index >= 15 is 0 Å². The summed E-state index contributed by atoms with van der Waals surface area (Å²) >= 11 is 0. The van der Waals surface area contributed by atoms with Crippen molar-refractivity contribution in [1.82, 2.24) is 4.90 Å². The number of ether oxygens (including phenoxy) is 2. The molecule has 1 rings (SSSR count). The lowest BCUT2D eigenvalue weighted by molar-refractivity contribution is -0.108. The van der Waals surface area contributed by atoms with Gasteiger partial charge in [0.05, 0.1) is 12.6 Å². The van der Waals surface area contributed by atoms with E-state index < -0.39 is 23.5 Å². The van der Waals surface area contributed by atoms with E-state index in [2.05, 4.69) is 0 Å². The Morgan fingerprint density at radius 2 is 2.16 bits per heavy atom. The molecule has 0 aromatic rings. The van der Waals surface area contributed by atoms with Gasteiger partial charge in [-0.2, -0.15) is 0 Å². The Morgan fingerprint density at radius 3 is 2.63 bits per heavy atom. The van der Waals surface area contributed by atoms with Gasteiger partial charge < -0.3 is 20.0 Å². The molecule has 0 spiro atoms. The highest BCUT2D eigenvalue weighted by Crippen LogP contribution is 2.30. The number of rotatable bonds is 3. The largest absolute Gasteiger partial charge is 0.444 e. The number of amides is 1. The van der Waals surface area contributed by atoms with Gasteiger partial charge in [0.2, 0.25) is 0 Å². The van der Waals surface area contributed by atoms with Crippen LogP contribution in [0, 0.1) is 0 Å². The van der Waals surface area contributed by atoms with E-state index in [1.165, 1.54) is 4.90 Å². The van der Waals surface area contributed by atoms with Crippen molar-refractivity contribution in [3.63, 3.8) is 0 Å². The van der Waals surface area contributed by atoms with Crippen LogP contribution < -0.4 is 5.73 Å². The molecule has 2 atom stereocenters. The molecule has 1 heterocycles. The number of aldehydes is 1. The lowest BCUT2D eigenvalue weighted by Gasteiger charge is -2.36. The number of hydrogen-bond acceptors (Lipinski definition) is 5. The van der Waals surface area contributed by atoms with Crippen LogP contribution >= 0.6 is 0 Å². The molecular weight excluding hydrogens is 248 g/mol. The molecule has 1 saturated heterocycles. The van der Waals surface area contributed by atoms with Gasteiger partial charge in [-0.25, -0.2) is 4.79 Å². The van der Waals surface area contributed by atoms with E-state index in [0.29, 0.717) is 6.61 Å². The van der Waals surface area contributed by atoms with Crippen molar-refractivity contribution in [3.05, 3.63) is 0 Å². The van der Waals surface area contributed by atoms with Crippen LogP contribution in [-0.4, -0.2) is 47.3 Å². The van der Waals surface area contributed by atoms with Gasteiger partial charge in [-0.3, -0.25) is 4.90 Å². The summed E-state index contributed by atoms with van der Waals surface area (Å²) in [4.78, 5) is 24.4. The first-order valence-corrected chi connectivity index (χ1v) is 6.44. The first-order valence-electron chi connectivity index (χ1n) is 6.44. The molecule has 1 fully saturated rings. The second-order valence-corrected chi connectivity index (χ2v) is 6.24. The highest BCUT2D eigenvalue weighted by Gasteiger charge is 2.47. The molecule has 0 aromatic heterocycles. The van der Waals surface area contributed by atoms with Crippen molar-refractivity contribution in [3.8, 4) is 0 Å². The van der Waals surface area contributed by atoms with Crippen LogP contribution in [0.5, 0.6) is 0 Å². The summed E-state index contributed by atoms with van der Waals surface area (Å²) in [7, 11) is 0. The van der Waals surface area contributed by atoms with Crippen molar-refractivity contribution in [1.29, 1.82) is 0 Å². The summed E-state index contributed by atoms with van der Waals surface area (Å²) < 4.78 is 11.0. The molecule has 0 aromatic carbocycles. The Morgan fingerprint density at radius 1 is 1.58 bits per heavy atom. The first kappa shape index (κ1) is 15.9. The van der Waals surface area contributed by atoms with Crippen molar-refractivity contribution < 1.29 is 19.1 Å². The summed E-state index contributed by atoms with van der Waals surface area (Å²) in [5, 5.41) is 0. The number of nitrogens with two attached hydrogens (primary N) is 1. The number of hydrogen-bond donors (Lipinski definition) is 1. The summed E-state index contributed by atoms with van der Waals surface area (Å²) in [5.41, 5.74) is 4.57. The SMILES string of the molecule is CC(C)(C)OC(=O)N1[C@@H](C(N)CC=O)COC1(C)C. The average Bonchev–Trinajstić information content (AvgIpc) is 2.51. The van der Waals surface area contributed by atoms with Crippen molar-refractivity contribution in [2.45, 2.75) is 64.4 Å². The van der Waals surface area contributed by atoms with Gasteiger partial charge in [0.25, 0.3) is 0 Å². The van der Waals surface area contributed by atoms with Crippen LogP contribution in [0.15, 0.2) is 0 Å². The fourth-order valence-electron chi connectivity index (χ4n) is 2.08. The molecule has 1 amide bonds. The third-order valence-electron chi connectivity index (χ3n) is 2.97. The van der Waals surface area contributed by atoms with Gasteiger partial charge in [-0.15, -0.1) is 0 Å². The van der Waals surface area contributed by atoms with Crippen molar-refractivity contribution in [2.75, 3.05) is 6.61 Å². The number of nitrogens with zero attached hydrogens (tertiary/aromatic N) is 1. The number of carbonyl (C=O) groups is 2. The zero-order valence-electron chi connectivity index (χ0n) is 12.3. The third kappa shape index (κ3) is 3.91. The predicted molar refractivity (Wildman–Crippen MR) is 70.5 cm³/mol. The summed E-state index contributed by atoms with van der Waals surface area (Å²) in [6.45, 7) is 9.27. The van der Waals surface area contributed by atoms with Gasteiger partial charge in [0.1, 0.15) is 17.6 Å². The zero-order valence-corrected chi connectivity index (χ0v) is 12.3. The van der Waals surface area contributed by atoms with Crippen LogP contribution in [0.4, 0.5) is 4.79 Å². The molecule has 6 heteroatoms. The molecular formula is C13H24N2O4. The molecule has 110 valence electrons. The van der Waals surface area contributed by atoms with Crippen molar-refractivity contribution in [2.24, 2.45) is 5.73 Å². The highest BCUT2D eigenvalue weighted by molar-refractivity contribution is 5.70. The van der Waals surface area contributed by atoms with Crippen LogP contribution in [-0.2, 0) is 14.3 Å². The van der Waals surface area contributed by atoms with Crippen LogP contribution in [0.3, 0.4) is 0 Å². The minimum absolute atomic E-state index is 0.184. The normalized spacial score (nSPS) is 24.1. The molecule has 0 aliphatic carbocycles. The minimum atomic E-state index is -0.784. The Labute approximate surface area is 114 Å². The lowest BCUT2D eigenvalue weighted by Crippen LogP contribution is -2.55. The maximum Gasteiger partial charge on any atom is 0.412 e. The molecule has 1 unspecified atom stereocenters. The minimum Gasteiger partial charge on any atom is -0.444 e.